The van der Waals surface area contributed by atoms with E-state index in [-0.39, 0.29) is 18.1 Å². The third-order valence-electron chi connectivity index (χ3n) is 2.79. The minimum Gasteiger partial charge on any atom is -0.368 e. The fourth-order valence-electron chi connectivity index (χ4n) is 1.83. The zero-order valence-electron chi connectivity index (χ0n) is 9.35. The van der Waals surface area contributed by atoms with Crippen molar-refractivity contribution in [3.8, 4) is 0 Å². The quantitative estimate of drug-likeness (QED) is 0.838. The Morgan fingerprint density at radius 2 is 2.31 bits per heavy atom. The number of nitrogens with one attached hydrogen (secondary N) is 1. The molecule has 0 saturated carbocycles. The molecule has 86 valence electrons. The maximum Gasteiger partial charge on any atom is 0.249 e. The highest BCUT2D eigenvalue weighted by Crippen LogP contribution is 2.15. The molecule has 16 heavy (non-hydrogen) atoms. The Hall–Kier alpha value is -1.42. The monoisotopic (exact) mass is 220 g/mol. The number of nitrogens with zero attached hydrogens (tertiary/aromatic N) is 1. The predicted molar refractivity (Wildman–Crippen MR) is 59.8 cm³/mol. The second-order valence-electron chi connectivity index (χ2n) is 4.01. The molecule has 1 aromatic rings. The highest BCUT2D eigenvalue weighted by Gasteiger charge is 2.24. The van der Waals surface area contributed by atoms with Crippen molar-refractivity contribution >= 4 is 5.91 Å². The first-order valence-electron chi connectivity index (χ1n) is 5.59. The number of pyridine rings is 1. The fourth-order valence-corrected chi connectivity index (χ4v) is 1.83. The number of aromatic nitrogens is 1. The van der Waals surface area contributed by atoms with Crippen molar-refractivity contribution in [3.05, 3.63) is 30.1 Å². The van der Waals surface area contributed by atoms with Gasteiger partial charge < -0.3 is 10.1 Å². The lowest BCUT2D eigenvalue weighted by molar-refractivity contribution is -0.130. The lowest BCUT2D eigenvalue weighted by Crippen LogP contribution is -2.35. The molecule has 4 nitrogen and oxygen atoms in total. The van der Waals surface area contributed by atoms with Crippen LogP contribution in [0.5, 0.6) is 0 Å². The van der Waals surface area contributed by atoms with E-state index in [1.165, 1.54) is 0 Å². The van der Waals surface area contributed by atoms with Gasteiger partial charge in [-0.3, -0.25) is 9.78 Å². The molecule has 2 atom stereocenters. The van der Waals surface area contributed by atoms with Crippen LogP contribution in [0.25, 0.3) is 0 Å². The molecule has 0 aliphatic carbocycles. The maximum absolute atomic E-state index is 11.8. The molecule has 1 saturated heterocycles. The first-order valence-corrected chi connectivity index (χ1v) is 5.59. The van der Waals surface area contributed by atoms with Gasteiger partial charge in [0, 0.05) is 19.0 Å². The highest BCUT2D eigenvalue weighted by atomic mass is 16.5. The Morgan fingerprint density at radius 3 is 2.94 bits per heavy atom. The van der Waals surface area contributed by atoms with Crippen molar-refractivity contribution in [2.24, 2.45) is 0 Å². The van der Waals surface area contributed by atoms with E-state index in [1.54, 1.807) is 12.4 Å². The van der Waals surface area contributed by atoms with Crippen LogP contribution >= 0.6 is 0 Å². The Bertz CT molecular complexity index is 347. The molecule has 1 N–H and O–H groups in total. The third kappa shape index (κ3) is 2.58. The summed E-state index contributed by atoms with van der Waals surface area (Å²) in [5.41, 5.74) is 1.06. The number of hydrogen-bond donors (Lipinski definition) is 1. The molecule has 1 fully saturated rings. The zero-order chi connectivity index (χ0) is 11.4. The van der Waals surface area contributed by atoms with Gasteiger partial charge in [-0.1, -0.05) is 0 Å². The van der Waals surface area contributed by atoms with E-state index in [4.69, 9.17) is 4.74 Å². The van der Waals surface area contributed by atoms with Crippen LogP contribution in [0, 0.1) is 0 Å². The highest BCUT2D eigenvalue weighted by molar-refractivity contribution is 5.81. The Balaban J connectivity index is 1.92. The standard InChI is InChI=1S/C12H16N2O2/c1-9(10-4-6-13-7-5-10)14-12(15)11-3-2-8-16-11/h4-7,9,11H,2-3,8H2,1H3,(H,14,15)/t9-,11+/m0/s1. The lowest BCUT2D eigenvalue weighted by atomic mass is 10.1. The van der Waals surface area contributed by atoms with Crippen molar-refractivity contribution in [1.29, 1.82) is 0 Å². The van der Waals surface area contributed by atoms with Gasteiger partial charge in [0.2, 0.25) is 5.91 Å². The minimum atomic E-state index is -0.260. The van der Waals surface area contributed by atoms with E-state index in [0.717, 1.165) is 18.4 Å². The summed E-state index contributed by atoms with van der Waals surface area (Å²) in [4.78, 5) is 15.7. The van der Waals surface area contributed by atoms with Crippen LogP contribution in [-0.4, -0.2) is 23.6 Å². The summed E-state index contributed by atoms with van der Waals surface area (Å²) in [6.45, 7) is 2.66. The maximum atomic E-state index is 11.8. The number of carbonyl (C=O) groups is 1. The van der Waals surface area contributed by atoms with Crippen molar-refractivity contribution in [2.45, 2.75) is 31.9 Å². The summed E-state index contributed by atoms with van der Waals surface area (Å²) in [5.74, 6) is -0.0122. The molecule has 2 heterocycles. The first-order chi connectivity index (χ1) is 7.77. The van der Waals surface area contributed by atoms with E-state index in [1.807, 2.05) is 19.1 Å². The van der Waals surface area contributed by atoms with Crippen LogP contribution in [0.1, 0.15) is 31.4 Å². The van der Waals surface area contributed by atoms with Gasteiger partial charge in [0.25, 0.3) is 0 Å². The SMILES string of the molecule is C[C@H](NC(=O)[C@H]1CCCO1)c1ccncc1. The largest absolute Gasteiger partial charge is 0.368 e. The van der Waals surface area contributed by atoms with Gasteiger partial charge in [-0.25, -0.2) is 0 Å². The first kappa shape index (κ1) is 11.1. The van der Waals surface area contributed by atoms with Gasteiger partial charge in [-0.2, -0.15) is 0 Å². The van der Waals surface area contributed by atoms with Crippen LogP contribution in [0.2, 0.25) is 0 Å². The second kappa shape index (κ2) is 5.07. The number of rotatable bonds is 3. The van der Waals surface area contributed by atoms with Crippen molar-refractivity contribution in [3.63, 3.8) is 0 Å². The third-order valence-corrected chi connectivity index (χ3v) is 2.79. The molecule has 1 amide bonds. The second-order valence-corrected chi connectivity index (χ2v) is 4.01. The average Bonchev–Trinajstić information content (AvgIpc) is 2.83. The van der Waals surface area contributed by atoms with Crippen LogP contribution in [0.3, 0.4) is 0 Å². The van der Waals surface area contributed by atoms with E-state index in [2.05, 4.69) is 10.3 Å². The van der Waals surface area contributed by atoms with E-state index in [9.17, 15) is 4.79 Å². The number of amides is 1. The van der Waals surface area contributed by atoms with Crippen LogP contribution in [-0.2, 0) is 9.53 Å². The summed E-state index contributed by atoms with van der Waals surface area (Å²) in [6, 6.07) is 3.81. The predicted octanol–water partition coefficient (Wildman–Crippen LogP) is 1.44. The Labute approximate surface area is 95.0 Å². The van der Waals surface area contributed by atoms with Crippen molar-refractivity contribution in [2.75, 3.05) is 6.61 Å². The number of carbonyl (C=O) groups excluding carboxylic acids is 1. The summed E-state index contributed by atoms with van der Waals surface area (Å²) < 4.78 is 5.33. The smallest absolute Gasteiger partial charge is 0.249 e. The number of hydrogen-bond acceptors (Lipinski definition) is 3. The molecule has 1 aliphatic heterocycles. The Morgan fingerprint density at radius 1 is 1.56 bits per heavy atom. The van der Waals surface area contributed by atoms with Crippen molar-refractivity contribution < 1.29 is 9.53 Å². The molecule has 0 aromatic carbocycles. The summed E-state index contributed by atoms with van der Waals surface area (Å²) in [7, 11) is 0. The molecular formula is C12H16N2O2. The molecule has 2 rings (SSSR count). The van der Waals surface area contributed by atoms with Crippen LogP contribution in [0.4, 0.5) is 0 Å². The molecule has 1 aliphatic rings. The normalized spacial score (nSPS) is 21.7. The lowest BCUT2D eigenvalue weighted by Gasteiger charge is -2.16. The van der Waals surface area contributed by atoms with Crippen LogP contribution < -0.4 is 5.32 Å². The molecular weight excluding hydrogens is 204 g/mol. The van der Waals surface area contributed by atoms with Gasteiger partial charge in [0.15, 0.2) is 0 Å². The molecule has 0 bridgehead atoms. The van der Waals surface area contributed by atoms with Crippen molar-refractivity contribution in [1.82, 2.24) is 10.3 Å². The van der Waals surface area contributed by atoms with Crippen LogP contribution in [0.15, 0.2) is 24.5 Å². The fraction of sp³-hybridized carbons (Fsp3) is 0.500. The van der Waals surface area contributed by atoms with Gasteiger partial charge in [0.1, 0.15) is 6.10 Å². The molecule has 0 unspecified atom stereocenters. The minimum absolute atomic E-state index is 0.000278. The zero-order valence-corrected chi connectivity index (χ0v) is 9.35. The average molecular weight is 220 g/mol. The molecule has 4 heteroatoms. The topological polar surface area (TPSA) is 51.2 Å². The number of ether oxygens (including phenoxy) is 1. The summed E-state index contributed by atoms with van der Waals surface area (Å²) in [5, 5.41) is 2.95. The molecule has 0 spiro atoms. The van der Waals surface area contributed by atoms with Gasteiger partial charge in [0.05, 0.1) is 6.04 Å². The van der Waals surface area contributed by atoms with E-state index < -0.39 is 0 Å². The summed E-state index contributed by atoms with van der Waals surface area (Å²) >= 11 is 0. The van der Waals surface area contributed by atoms with Gasteiger partial charge >= 0.3 is 0 Å². The molecule has 0 radical (unpaired) electrons. The summed E-state index contributed by atoms with van der Waals surface area (Å²) in [6.07, 6.45) is 4.99. The Kier molecular flexibility index (Phi) is 3.51. The van der Waals surface area contributed by atoms with Gasteiger partial charge in [-0.05, 0) is 37.5 Å². The van der Waals surface area contributed by atoms with Gasteiger partial charge in [-0.15, -0.1) is 0 Å². The van der Waals surface area contributed by atoms with E-state index >= 15 is 0 Å². The molecule has 1 aromatic heterocycles. The van der Waals surface area contributed by atoms with E-state index in [0.29, 0.717) is 6.61 Å².